The lowest BCUT2D eigenvalue weighted by Crippen LogP contribution is -2.27. The van der Waals surface area contributed by atoms with Crippen molar-refractivity contribution in [3.63, 3.8) is 0 Å². The van der Waals surface area contributed by atoms with Crippen LogP contribution in [0.25, 0.3) is 11.5 Å². The van der Waals surface area contributed by atoms with Crippen LogP contribution in [0.15, 0.2) is 22.8 Å². The summed E-state index contributed by atoms with van der Waals surface area (Å²) in [4.78, 5) is 18.8. The average Bonchev–Trinajstić information content (AvgIpc) is 3.40. The van der Waals surface area contributed by atoms with Gasteiger partial charge in [-0.25, -0.2) is 4.98 Å². The molecule has 0 aliphatic carbocycles. The molecule has 0 aromatic carbocycles. The fraction of sp³-hybridized carbons (Fsp3) is 0.704. The number of thiazole rings is 1. The minimum Gasteiger partial charge on any atom is -0.463 e. The number of rotatable bonds is 16. The number of hydrogen-bond acceptors (Lipinski definition) is 5. The third-order valence-electron chi connectivity index (χ3n) is 6.14. The summed E-state index contributed by atoms with van der Waals surface area (Å²) in [5.41, 5.74) is 6.39. The molecule has 0 aliphatic heterocycles. The quantitative estimate of drug-likeness (QED) is 0.254. The molecule has 0 saturated carbocycles. The first-order valence-corrected chi connectivity index (χ1v) is 13.5. The van der Waals surface area contributed by atoms with E-state index in [4.69, 9.17) is 10.2 Å². The van der Waals surface area contributed by atoms with Gasteiger partial charge in [0.1, 0.15) is 11.5 Å². The predicted molar refractivity (Wildman–Crippen MR) is 137 cm³/mol. The molecule has 180 valence electrons. The van der Waals surface area contributed by atoms with Crippen LogP contribution in [0.5, 0.6) is 0 Å². The van der Waals surface area contributed by atoms with Gasteiger partial charge in [0, 0.05) is 10.3 Å². The minimum atomic E-state index is -0.402. The van der Waals surface area contributed by atoms with Crippen LogP contribution in [0.1, 0.15) is 122 Å². The maximum Gasteiger partial charge on any atom is 0.180 e. The SMILES string of the molecule is CCCCCCCCCCCCCCC(C(=O)C(C)(C)C)c1sc(N)nc1-c1ccco1. The van der Waals surface area contributed by atoms with E-state index in [0.29, 0.717) is 10.9 Å². The van der Waals surface area contributed by atoms with E-state index >= 15 is 0 Å². The monoisotopic (exact) mass is 460 g/mol. The van der Waals surface area contributed by atoms with Crippen LogP contribution in [0, 0.1) is 5.41 Å². The van der Waals surface area contributed by atoms with Gasteiger partial charge in [0.15, 0.2) is 10.9 Å². The molecule has 0 fully saturated rings. The summed E-state index contributed by atoms with van der Waals surface area (Å²) in [6.07, 6.45) is 18.3. The van der Waals surface area contributed by atoms with E-state index in [9.17, 15) is 4.79 Å². The van der Waals surface area contributed by atoms with Crippen molar-refractivity contribution >= 4 is 22.3 Å². The number of furan rings is 1. The fourth-order valence-electron chi connectivity index (χ4n) is 4.27. The topological polar surface area (TPSA) is 69.1 Å². The van der Waals surface area contributed by atoms with E-state index < -0.39 is 5.41 Å². The van der Waals surface area contributed by atoms with E-state index in [1.165, 1.54) is 82.0 Å². The molecular weight excluding hydrogens is 416 g/mol. The standard InChI is InChI=1S/C27H44N2O2S/c1-5-6-7-8-9-10-11-12-13-14-15-16-18-21(25(30)27(2,3)4)24-23(29-26(28)32-24)22-19-17-20-31-22/h17,19-21H,5-16,18H2,1-4H3,(H2,28,29). The van der Waals surface area contributed by atoms with Crippen molar-refractivity contribution in [3.05, 3.63) is 23.3 Å². The second-order valence-corrected chi connectivity index (χ2v) is 11.1. The minimum absolute atomic E-state index is 0.173. The van der Waals surface area contributed by atoms with Gasteiger partial charge in [-0.05, 0) is 18.6 Å². The molecule has 2 aromatic heterocycles. The van der Waals surface area contributed by atoms with Gasteiger partial charge in [-0.3, -0.25) is 4.79 Å². The molecule has 1 unspecified atom stereocenters. The van der Waals surface area contributed by atoms with Crippen LogP contribution in [-0.2, 0) is 4.79 Å². The van der Waals surface area contributed by atoms with Gasteiger partial charge >= 0.3 is 0 Å². The Labute approximate surface area is 199 Å². The van der Waals surface area contributed by atoms with Crippen molar-refractivity contribution in [1.29, 1.82) is 0 Å². The number of unbranched alkanes of at least 4 members (excludes halogenated alkanes) is 11. The van der Waals surface area contributed by atoms with Crippen LogP contribution < -0.4 is 5.73 Å². The summed E-state index contributed by atoms with van der Waals surface area (Å²) in [6.45, 7) is 8.27. The number of ketones is 1. The molecule has 2 heterocycles. The molecule has 4 nitrogen and oxygen atoms in total. The van der Waals surface area contributed by atoms with Crippen LogP contribution in [0.3, 0.4) is 0 Å². The fourth-order valence-corrected chi connectivity index (χ4v) is 5.24. The maximum absolute atomic E-state index is 13.3. The average molecular weight is 461 g/mol. The molecule has 5 heteroatoms. The third kappa shape index (κ3) is 8.73. The number of carbonyl (C=O) groups excluding carboxylic acids is 1. The number of Topliss-reactive ketones (excluding diaryl/α,β-unsaturated/α-hetero) is 1. The second kappa shape index (κ2) is 13.8. The Kier molecular flexibility index (Phi) is 11.5. The van der Waals surface area contributed by atoms with Crippen LogP contribution in [0.2, 0.25) is 0 Å². The first kappa shape index (κ1) is 26.6. The smallest absolute Gasteiger partial charge is 0.180 e. The Morgan fingerprint density at radius 1 is 1.00 bits per heavy atom. The zero-order valence-corrected chi connectivity index (χ0v) is 21.6. The molecule has 0 aliphatic rings. The van der Waals surface area contributed by atoms with E-state index in [-0.39, 0.29) is 11.7 Å². The van der Waals surface area contributed by atoms with Gasteiger partial charge in [0.05, 0.1) is 12.2 Å². The lowest BCUT2D eigenvalue weighted by Gasteiger charge is -2.24. The van der Waals surface area contributed by atoms with Gasteiger partial charge in [0.25, 0.3) is 0 Å². The van der Waals surface area contributed by atoms with Gasteiger partial charge in [-0.2, -0.15) is 0 Å². The number of nitrogens with zero attached hydrogens (tertiary/aromatic N) is 1. The first-order chi connectivity index (χ1) is 15.3. The molecule has 0 saturated heterocycles. The molecule has 0 radical (unpaired) electrons. The van der Waals surface area contributed by atoms with E-state index in [1.807, 2.05) is 32.9 Å². The predicted octanol–water partition coefficient (Wildman–Crippen LogP) is 8.78. The Morgan fingerprint density at radius 2 is 1.56 bits per heavy atom. The van der Waals surface area contributed by atoms with E-state index in [2.05, 4.69) is 11.9 Å². The van der Waals surface area contributed by atoms with Crippen LogP contribution in [-0.4, -0.2) is 10.8 Å². The highest BCUT2D eigenvalue weighted by Crippen LogP contribution is 2.41. The van der Waals surface area contributed by atoms with Crippen molar-refractivity contribution in [2.24, 2.45) is 5.41 Å². The number of nitrogen functional groups attached to an aromatic ring is 1. The van der Waals surface area contributed by atoms with E-state index in [1.54, 1.807) is 6.26 Å². The summed E-state index contributed by atoms with van der Waals surface area (Å²) < 4.78 is 5.58. The first-order valence-electron chi connectivity index (χ1n) is 12.7. The summed E-state index contributed by atoms with van der Waals surface area (Å²) in [6, 6.07) is 3.74. The van der Waals surface area contributed by atoms with Gasteiger partial charge in [-0.15, -0.1) is 11.3 Å². The largest absolute Gasteiger partial charge is 0.463 e. The van der Waals surface area contributed by atoms with Gasteiger partial charge < -0.3 is 10.2 Å². The van der Waals surface area contributed by atoms with Gasteiger partial charge in [0.2, 0.25) is 0 Å². The van der Waals surface area contributed by atoms with Crippen molar-refractivity contribution in [2.75, 3.05) is 5.73 Å². The van der Waals surface area contributed by atoms with Crippen LogP contribution >= 0.6 is 11.3 Å². The van der Waals surface area contributed by atoms with Crippen molar-refractivity contribution in [3.8, 4) is 11.5 Å². The highest BCUT2D eigenvalue weighted by molar-refractivity contribution is 7.16. The van der Waals surface area contributed by atoms with Crippen LogP contribution in [0.4, 0.5) is 5.13 Å². The Balaban J connectivity index is 1.83. The lowest BCUT2D eigenvalue weighted by atomic mass is 9.79. The Hall–Kier alpha value is -1.62. The maximum atomic E-state index is 13.3. The van der Waals surface area contributed by atoms with Crippen molar-refractivity contribution < 1.29 is 9.21 Å². The highest BCUT2D eigenvalue weighted by atomic mass is 32.1. The second-order valence-electron chi connectivity index (χ2n) is 10.1. The molecule has 1 atom stereocenters. The van der Waals surface area contributed by atoms with Crippen molar-refractivity contribution in [1.82, 2.24) is 4.98 Å². The number of hydrogen-bond donors (Lipinski definition) is 1. The summed E-state index contributed by atoms with van der Waals surface area (Å²) in [5.74, 6) is 0.777. The normalized spacial score (nSPS) is 12.9. The number of nitrogens with two attached hydrogens (primary N) is 1. The molecule has 2 rings (SSSR count). The summed E-state index contributed by atoms with van der Waals surface area (Å²) in [7, 11) is 0. The molecule has 0 bridgehead atoms. The zero-order valence-electron chi connectivity index (χ0n) is 20.8. The van der Waals surface area contributed by atoms with E-state index in [0.717, 1.165) is 23.4 Å². The third-order valence-corrected chi connectivity index (χ3v) is 7.14. The number of carbonyl (C=O) groups is 1. The molecule has 2 aromatic rings. The molecule has 0 spiro atoms. The molecule has 2 N–H and O–H groups in total. The molecule has 0 amide bonds. The van der Waals surface area contributed by atoms with Crippen molar-refractivity contribution in [2.45, 2.75) is 117 Å². The molecule has 32 heavy (non-hydrogen) atoms. The number of aromatic nitrogens is 1. The van der Waals surface area contributed by atoms with Gasteiger partial charge in [-0.1, -0.05) is 105 Å². The summed E-state index contributed by atoms with van der Waals surface area (Å²) >= 11 is 1.44. The lowest BCUT2D eigenvalue weighted by molar-refractivity contribution is -0.128. The highest BCUT2D eigenvalue weighted by Gasteiger charge is 2.34. The molecular formula is C27H44N2O2S. The number of anilines is 1. The zero-order chi connectivity index (χ0) is 23.4. The Bertz CT molecular complexity index is 774. The summed E-state index contributed by atoms with van der Waals surface area (Å²) in [5, 5.41) is 0.493. The Morgan fingerprint density at radius 3 is 2.06 bits per heavy atom.